The maximum absolute atomic E-state index is 13.1. The van der Waals surface area contributed by atoms with Crippen LogP contribution in [0.4, 0.5) is 11.4 Å². The van der Waals surface area contributed by atoms with Crippen LogP contribution in [-0.2, 0) is 4.79 Å². The largest absolute Gasteiger partial charge is 0.490 e. The minimum Gasteiger partial charge on any atom is -0.490 e. The van der Waals surface area contributed by atoms with E-state index in [2.05, 4.69) is 24.3 Å². The minimum atomic E-state index is -0.650. The molecule has 168 valence electrons. The average molecular weight is 437 g/mol. The molecule has 0 bridgehead atoms. The first-order valence-corrected chi connectivity index (χ1v) is 10.7. The summed E-state index contributed by atoms with van der Waals surface area (Å²) in [6.45, 7) is 8.89. The third-order valence-corrected chi connectivity index (χ3v) is 5.36. The Kier molecular flexibility index (Phi) is 5.78. The number of nitrogens with zero attached hydrogens (tertiary/aromatic N) is 2. The molecule has 0 spiro atoms. The van der Waals surface area contributed by atoms with E-state index in [0.717, 1.165) is 6.42 Å². The van der Waals surface area contributed by atoms with E-state index >= 15 is 0 Å². The van der Waals surface area contributed by atoms with E-state index in [9.17, 15) is 9.59 Å². The second-order valence-corrected chi connectivity index (χ2v) is 9.00. The number of ether oxygens (including phenoxy) is 1. The Morgan fingerprint density at radius 1 is 1.22 bits per heavy atom. The highest BCUT2D eigenvalue weighted by molar-refractivity contribution is 6.04. The molecule has 1 N–H and O–H groups in total. The van der Waals surface area contributed by atoms with Gasteiger partial charge in [-0.05, 0) is 50.5 Å². The van der Waals surface area contributed by atoms with E-state index < -0.39 is 11.3 Å². The van der Waals surface area contributed by atoms with Crippen molar-refractivity contribution in [2.45, 2.75) is 34.1 Å². The van der Waals surface area contributed by atoms with Crippen LogP contribution in [-0.4, -0.2) is 30.1 Å². The number of amides is 2. The molecule has 2 amide bonds. The molecule has 0 aliphatic carbocycles. The van der Waals surface area contributed by atoms with Gasteiger partial charge in [0, 0.05) is 24.4 Å². The number of rotatable bonds is 6. The predicted molar refractivity (Wildman–Crippen MR) is 120 cm³/mol. The SMILES string of the molecule is CC(C)CCN1C(=O)C(C)(C)COc2cc(NC(=O)c3cc(-c4ccco4)on3)ccc21. The van der Waals surface area contributed by atoms with Gasteiger partial charge in [-0.15, -0.1) is 0 Å². The fourth-order valence-electron chi connectivity index (χ4n) is 3.45. The quantitative estimate of drug-likeness (QED) is 0.584. The van der Waals surface area contributed by atoms with Crippen molar-refractivity contribution in [1.29, 1.82) is 0 Å². The van der Waals surface area contributed by atoms with Gasteiger partial charge in [-0.25, -0.2) is 0 Å². The first-order valence-electron chi connectivity index (χ1n) is 10.7. The molecule has 3 heterocycles. The number of benzene rings is 1. The van der Waals surface area contributed by atoms with E-state index in [-0.39, 0.29) is 18.2 Å². The Morgan fingerprint density at radius 3 is 2.75 bits per heavy atom. The topological polar surface area (TPSA) is 97.8 Å². The molecular formula is C24H27N3O5. The zero-order chi connectivity index (χ0) is 22.9. The highest BCUT2D eigenvalue weighted by Gasteiger charge is 2.37. The number of nitrogens with one attached hydrogen (secondary N) is 1. The molecule has 3 aromatic rings. The third kappa shape index (κ3) is 4.39. The molecule has 32 heavy (non-hydrogen) atoms. The van der Waals surface area contributed by atoms with Crippen LogP contribution in [0.3, 0.4) is 0 Å². The van der Waals surface area contributed by atoms with E-state index in [1.54, 1.807) is 29.2 Å². The Hall–Kier alpha value is -3.55. The molecule has 0 atom stereocenters. The predicted octanol–water partition coefficient (Wildman–Crippen LogP) is 4.98. The molecule has 8 nitrogen and oxygen atoms in total. The maximum Gasteiger partial charge on any atom is 0.277 e. The summed E-state index contributed by atoms with van der Waals surface area (Å²) in [6.07, 6.45) is 2.40. The maximum atomic E-state index is 13.1. The van der Waals surface area contributed by atoms with Gasteiger partial charge in [0.25, 0.3) is 5.91 Å². The molecule has 0 fully saturated rings. The summed E-state index contributed by atoms with van der Waals surface area (Å²) < 4.78 is 16.4. The Balaban J connectivity index is 1.56. The summed E-state index contributed by atoms with van der Waals surface area (Å²) in [5, 5.41) is 6.63. The second-order valence-electron chi connectivity index (χ2n) is 9.00. The smallest absolute Gasteiger partial charge is 0.277 e. The monoisotopic (exact) mass is 437 g/mol. The van der Waals surface area contributed by atoms with E-state index in [4.69, 9.17) is 13.7 Å². The van der Waals surface area contributed by atoms with Crippen molar-refractivity contribution in [3.63, 3.8) is 0 Å². The molecule has 1 aromatic carbocycles. The molecule has 8 heteroatoms. The Morgan fingerprint density at radius 2 is 2.03 bits per heavy atom. The summed E-state index contributed by atoms with van der Waals surface area (Å²) in [7, 11) is 0. The van der Waals surface area contributed by atoms with Crippen LogP contribution in [0.25, 0.3) is 11.5 Å². The lowest BCUT2D eigenvalue weighted by atomic mass is 9.92. The number of furan rings is 1. The van der Waals surface area contributed by atoms with Crippen LogP contribution in [0.1, 0.15) is 44.6 Å². The zero-order valence-corrected chi connectivity index (χ0v) is 18.7. The second kappa shape index (κ2) is 8.53. The van der Waals surface area contributed by atoms with Crippen LogP contribution in [0.2, 0.25) is 0 Å². The molecule has 0 saturated heterocycles. The number of hydrogen-bond donors (Lipinski definition) is 1. The number of fused-ring (bicyclic) bond motifs is 1. The van der Waals surface area contributed by atoms with Crippen molar-refractivity contribution in [3.8, 4) is 17.3 Å². The molecule has 0 saturated carbocycles. The summed E-state index contributed by atoms with van der Waals surface area (Å²) >= 11 is 0. The van der Waals surface area contributed by atoms with Gasteiger partial charge in [0.2, 0.25) is 11.7 Å². The molecule has 0 radical (unpaired) electrons. The van der Waals surface area contributed by atoms with Gasteiger partial charge in [0.15, 0.2) is 11.5 Å². The summed E-state index contributed by atoms with van der Waals surface area (Å²) in [5.41, 5.74) is 0.720. The van der Waals surface area contributed by atoms with Crippen molar-refractivity contribution in [2.75, 3.05) is 23.4 Å². The standard InChI is InChI=1S/C24H27N3O5/c1-15(2)9-10-27-18-8-7-16(12-20(18)31-14-24(3,4)23(27)29)25-22(28)17-13-21(32-26-17)19-6-5-11-30-19/h5-8,11-13,15H,9-10,14H2,1-4H3,(H,25,28). The van der Waals surface area contributed by atoms with Crippen LogP contribution in [0.5, 0.6) is 5.75 Å². The lowest BCUT2D eigenvalue weighted by Gasteiger charge is -2.28. The van der Waals surface area contributed by atoms with Gasteiger partial charge in [0.05, 0.1) is 17.4 Å². The number of hydrogen-bond acceptors (Lipinski definition) is 6. The average Bonchev–Trinajstić information content (AvgIpc) is 3.43. The number of carbonyl (C=O) groups is 2. The summed E-state index contributed by atoms with van der Waals surface area (Å²) in [6, 6.07) is 10.3. The fraction of sp³-hybridized carbons (Fsp3) is 0.375. The number of anilines is 2. The molecule has 2 aromatic heterocycles. The molecule has 0 unspecified atom stereocenters. The Labute approximate surface area is 186 Å². The number of carbonyl (C=O) groups excluding carboxylic acids is 2. The third-order valence-electron chi connectivity index (χ3n) is 5.36. The van der Waals surface area contributed by atoms with Gasteiger partial charge >= 0.3 is 0 Å². The van der Waals surface area contributed by atoms with E-state index in [1.165, 1.54) is 12.3 Å². The van der Waals surface area contributed by atoms with Crippen molar-refractivity contribution in [2.24, 2.45) is 11.3 Å². The van der Waals surface area contributed by atoms with Crippen molar-refractivity contribution in [3.05, 3.63) is 48.4 Å². The molecule has 1 aliphatic heterocycles. The minimum absolute atomic E-state index is 0.0294. The van der Waals surface area contributed by atoms with Crippen LogP contribution in [0, 0.1) is 11.3 Å². The summed E-state index contributed by atoms with van der Waals surface area (Å²) in [4.78, 5) is 27.6. The highest BCUT2D eigenvalue weighted by atomic mass is 16.5. The first kappa shape index (κ1) is 21.7. The van der Waals surface area contributed by atoms with Gasteiger partial charge in [-0.2, -0.15) is 0 Å². The molecule has 1 aliphatic rings. The zero-order valence-electron chi connectivity index (χ0n) is 18.7. The van der Waals surface area contributed by atoms with Gasteiger partial charge in [-0.3, -0.25) is 9.59 Å². The summed E-state index contributed by atoms with van der Waals surface area (Å²) in [5.74, 6) is 1.48. The van der Waals surface area contributed by atoms with Crippen LogP contribution >= 0.6 is 0 Å². The van der Waals surface area contributed by atoms with E-state index in [0.29, 0.717) is 41.1 Å². The van der Waals surface area contributed by atoms with E-state index in [1.807, 2.05) is 19.9 Å². The van der Waals surface area contributed by atoms with Gasteiger partial charge in [-0.1, -0.05) is 19.0 Å². The van der Waals surface area contributed by atoms with Gasteiger partial charge in [0.1, 0.15) is 12.4 Å². The Bertz CT molecular complexity index is 1110. The van der Waals surface area contributed by atoms with Crippen molar-refractivity contribution < 1.29 is 23.3 Å². The number of aromatic nitrogens is 1. The normalized spacial score (nSPS) is 15.3. The lowest BCUT2D eigenvalue weighted by Crippen LogP contribution is -2.42. The lowest BCUT2D eigenvalue weighted by molar-refractivity contribution is -0.127. The van der Waals surface area contributed by atoms with Crippen molar-refractivity contribution >= 4 is 23.2 Å². The van der Waals surface area contributed by atoms with Gasteiger partial charge < -0.3 is 23.9 Å². The fourth-order valence-corrected chi connectivity index (χ4v) is 3.45. The van der Waals surface area contributed by atoms with Crippen molar-refractivity contribution in [1.82, 2.24) is 5.16 Å². The highest BCUT2D eigenvalue weighted by Crippen LogP contribution is 2.38. The molecule has 4 rings (SSSR count). The molecular weight excluding hydrogens is 410 g/mol. The first-order chi connectivity index (χ1) is 15.2. The van der Waals surface area contributed by atoms with Crippen LogP contribution in [0.15, 0.2) is 51.6 Å². The van der Waals surface area contributed by atoms with Crippen LogP contribution < -0.4 is 15.0 Å².